The summed E-state index contributed by atoms with van der Waals surface area (Å²) in [7, 11) is 0. The zero-order valence-corrected chi connectivity index (χ0v) is 9.28. The summed E-state index contributed by atoms with van der Waals surface area (Å²) in [4.78, 5) is 0. The molecule has 2 aliphatic heterocycles. The van der Waals surface area contributed by atoms with Gasteiger partial charge in [-0.05, 0) is 56.0 Å². The molecule has 86 valence electrons. The molecule has 2 unspecified atom stereocenters. The van der Waals surface area contributed by atoms with Crippen LogP contribution in [0.3, 0.4) is 0 Å². The summed E-state index contributed by atoms with van der Waals surface area (Å²) in [5.74, 6) is 1.28. The maximum Gasteiger partial charge on any atom is 0.123 e. The van der Waals surface area contributed by atoms with Gasteiger partial charge in [0.2, 0.25) is 0 Å². The molecule has 3 heteroatoms. The van der Waals surface area contributed by atoms with E-state index in [0.717, 1.165) is 30.7 Å². The molecule has 0 amide bonds. The Morgan fingerprint density at radius 3 is 3.06 bits per heavy atom. The molecule has 2 atom stereocenters. The fourth-order valence-electron chi connectivity index (χ4n) is 2.71. The number of phenolic OH excluding ortho intramolecular Hbond substituents is 1. The van der Waals surface area contributed by atoms with Crippen molar-refractivity contribution in [3.05, 3.63) is 23.8 Å². The highest BCUT2D eigenvalue weighted by molar-refractivity contribution is 5.41. The van der Waals surface area contributed by atoms with Crippen molar-refractivity contribution < 1.29 is 9.84 Å². The van der Waals surface area contributed by atoms with Crippen LogP contribution in [0.5, 0.6) is 11.5 Å². The highest BCUT2D eigenvalue weighted by atomic mass is 16.5. The van der Waals surface area contributed by atoms with Crippen LogP contribution in [0, 0.1) is 0 Å². The van der Waals surface area contributed by atoms with Crippen molar-refractivity contribution in [2.24, 2.45) is 0 Å². The fraction of sp³-hybridized carbons (Fsp3) is 0.538. The third-order valence-corrected chi connectivity index (χ3v) is 3.57. The lowest BCUT2D eigenvalue weighted by atomic mass is 9.97. The summed E-state index contributed by atoms with van der Waals surface area (Å²) in [6.45, 7) is 1.12. The molecule has 0 spiro atoms. The Morgan fingerprint density at radius 1 is 1.31 bits per heavy atom. The maximum atomic E-state index is 9.40. The topological polar surface area (TPSA) is 41.5 Å². The van der Waals surface area contributed by atoms with E-state index < -0.39 is 0 Å². The van der Waals surface area contributed by atoms with E-state index in [4.69, 9.17) is 4.74 Å². The summed E-state index contributed by atoms with van der Waals surface area (Å²) in [5, 5.41) is 12.9. The van der Waals surface area contributed by atoms with Gasteiger partial charge in [-0.15, -0.1) is 0 Å². The van der Waals surface area contributed by atoms with Gasteiger partial charge in [-0.2, -0.15) is 0 Å². The molecule has 1 aromatic rings. The standard InChI is InChI=1S/C13H17NO2/c15-10-4-6-12-9(8-10)3-5-13(16-12)11-2-1-7-14-11/h4,6,8,11,13-15H,1-3,5,7H2. The van der Waals surface area contributed by atoms with Crippen LogP contribution in [-0.2, 0) is 6.42 Å². The Kier molecular flexibility index (Phi) is 2.48. The highest BCUT2D eigenvalue weighted by Crippen LogP contribution is 2.32. The zero-order chi connectivity index (χ0) is 11.0. The lowest BCUT2D eigenvalue weighted by Gasteiger charge is -2.30. The lowest BCUT2D eigenvalue weighted by Crippen LogP contribution is -2.40. The van der Waals surface area contributed by atoms with Gasteiger partial charge in [0.25, 0.3) is 0 Å². The first kappa shape index (κ1) is 9.97. The van der Waals surface area contributed by atoms with Gasteiger partial charge in [-0.3, -0.25) is 0 Å². The molecule has 3 rings (SSSR count). The van der Waals surface area contributed by atoms with Crippen molar-refractivity contribution >= 4 is 0 Å². The summed E-state index contributed by atoms with van der Waals surface area (Å²) < 4.78 is 6.00. The second-order valence-corrected chi connectivity index (χ2v) is 4.69. The number of ether oxygens (including phenoxy) is 1. The van der Waals surface area contributed by atoms with Crippen LogP contribution in [0.4, 0.5) is 0 Å². The molecule has 3 nitrogen and oxygen atoms in total. The number of rotatable bonds is 1. The number of fused-ring (bicyclic) bond motifs is 1. The molecule has 0 bridgehead atoms. The van der Waals surface area contributed by atoms with Gasteiger partial charge in [0.1, 0.15) is 17.6 Å². The Bertz CT molecular complexity index is 386. The minimum Gasteiger partial charge on any atom is -0.508 e. The fourth-order valence-corrected chi connectivity index (χ4v) is 2.71. The first-order valence-corrected chi connectivity index (χ1v) is 6.05. The van der Waals surface area contributed by atoms with Crippen LogP contribution in [0.2, 0.25) is 0 Å². The molecule has 16 heavy (non-hydrogen) atoms. The molecule has 2 heterocycles. The number of phenols is 1. The normalized spacial score (nSPS) is 28.5. The van der Waals surface area contributed by atoms with Gasteiger partial charge in [-0.25, -0.2) is 0 Å². The Balaban J connectivity index is 1.78. The van der Waals surface area contributed by atoms with E-state index in [-0.39, 0.29) is 0 Å². The number of benzene rings is 1. The minimum absolute atomic E-state index is 0.305. The summed E-state index contributed by atoms with van der Waals surface area (Å²) in [6.07, 6.45) is 4.84. The van der Waals surface area contributed by atoms with Crippen LogP contribution in [0.15, 0.2) is 18.2 Å². The molecule has 0 saturated carbocycles. The second kappa shape index (κ2) is 3.98. The predicted octanol–water partition coefficient (Wildman–Crippen LogP) is 1.84. The zero-order valence-electron chi connectivity index (χ0n) is 9.28. The van der Waals surface area contributed by atoms with Gasteiger partial charge >= 0.3 is 0 Å². The van der Waals surface area contributed by atoms with E-state index in [2.05, 4.69) is 5.32 Å². The summed E-state index contributed by atoms with van der Waals surface area (Å²) in [6, 6.07) is 5.91. The van der Waals surface area contributed by atoms with Crippen LogP contribution in [0.1, 0.15) is 24.8 Å². The third kappa shape index (κ3) is 1.76. The highest BCUT2D eigenvalue weighted by Gasteiger charge is 2.29. The number of nitrogens with one attached hydrogen (secondary N) is 1. The maximum absolute atomic E-state index is 9.40. The molecule has 2 aliphatic rings. The van der Waals surface area contributed by atoms with Crippen molar-refractivity contribution in [3.63, 3.8) is 0 Å². The number of hydrogen-bond acceptors (Lipinski definition) is 3. The monoisotopic (exact) mass is 219 g/mol. The SMILES string of the molecule is Oc1ccc2c(c1)CCC(C1CCCN1)O2. The Morgan fingerprint density at radius 2 is 2.25 bits per heavy atom. The minimum atomic E-state index is 0.305. The molecule has 1 fully saturated rings. The predicted molar refractivity (Wildman–Crippen MR) is 61.9 cm³/mol. The smallest absolute Gasteiger partial charge is 0.123 e. The number of aryl methyl sites for hydroxylation is 1. The van der Waals surface area contributed by atoms with E-state index in [1.807, 2.05) is 12.1 Å². The Labute approximate surface area is 95.4 Å². The summed E-state index contributed by atoms with van der Waals surface area (Å²) >= 11 is 0. The molecule has 1 saturated heterocycles. The van der Waals surface area contributed by atoms with Crippen molar-refractivity contribution in [3.8, 4) is 11.5 Å². The number of aromatic hydroxyl groups is 1. The molecule has 1 aromatic carbocycles. The van der Waals surface area contributed by atoms with Gasteiger partial charge in [-0.1, -0.05) is 0 Å². The third-order valence-electron chi connectivity index (χ3n) is 3.57. The number of hydrogen-bond donors (Lipinski definition) is 2. The van der Waals surface area contributed by atoms with Gasteiger partial charge in [0, 0.05) is 6.04 Å². The Hall–Kier alpha value is -1.22. The largest absolute Gasteiger partial charge is 0.508 e. The van der Waals surface area contributed by atoms with Crippen LogP contribution < -0.4 is 10.1 Å². The van der Waals surface area contributed by atoms with Gasteiger partial charge in [0.05, 0.1) is 0 Å². The van der Waals surface area contributed by atoms with Crippen molar-refractivity contribution in [1.82, 2.24) is 5.32 Å². The molecule has 0 aliphatic carbocycles. The average molecular weight is 219 g/mol. The molecule has 0 radical (unpaired) electrons. The first-order chi connectivity index (χ1) is 7.83. The van der Waals surface area contributed by atoms with Gasteiger partial charge < -0.3 is 15.2 Å². The van der Waals surface area contributed by atoms with Crippen molar-refractivity contribution in [2.45, 2.75) is 37.8 Å². The van der Waals surface area contributed by atoms with E-state index in [9.17, 15) is 5.11 Å². The van der Waals surface area contributed by atoms with E-state index in [1.165, 1.54) is 12.8 Å². The molecule has 2 N–H and O–H groups in total. The quantitative estimate of drug-likeness (QED) is 0.757. The molecular weight excluding hydrogens is 202 g/mol. The summed E-state index contributed by atoms with van der Waals surface area (Å²) in [5.41, 5.74) is 1.13. The second-order valence-electron chi connectivity index (χ2n) is 4.69. The van der Waals surface area contributed by atoms with E-state index in [1.54, 1.807) is 6.07 Å². The average Bonchev–Trinajstić information content (AvgIpc) is 2.82. The van der Waals surface area contributed by atoms with Gasteiger partial charge in [0.15, 0.2) is 0 Å². The van der Waals surface area contributed by atoms with Crippen molar-refractivity contribution in [2.75, 3.05) is 6.54 Å². The van der Waals surface area contributed by atoms with E-state index >= 15 is 0 Å². The molecular formula is C13H17NO2. The molecule has 0 aromatic heterocycles. The first-order valence-electron chi connectivity index (χ1n) is 6.05. The van der Waals surface area contributed by atoms with Crippen LogP contribution in [0.25, 0.3) is 0 Å². The lowest BCUT2D eigenvalue weighted by molar-refractivity contribution is 0.136. The van der Waals surface area contributed by atoms with Crippen LogP contribution >= 0.6 is 0 Å². The van der Waals surface area contributed by atoms with Crippen molar-refractivity contribution in [1.29, 1.82) is 0 Å². The van der Waals surface area contributed by atoms with Crippen LogP contribution in [-0.4, -0.2) is 23.8 Å². The van der Waals surface area contributed by atoms with E-state index in [0.29, 0.717) is 17.9 Å².